The van der Waals surface area contributed by atoms with Crippen LogP contribution < -0.4 is 5.32 Å². The first-order valence-electron chi connectivity index (χ1n) is 8.39. The molecule has 0 bridgehead atoms. The lowest BCUT2D eigenvalue weighted by atomic mass is 10.00. The Morgan fingerprint density at radius 3 is 2.00 bits per heavy atom. The van der Waals surface area contributed by atoms with Crippen LogP contribution in [0.1, 0.15) is 64.5 Å². The quantitative estimate of drug-likeness (QED) is 0.593. The van der Waals surface area contributed by atoms with Gasteiger partial charge in [-0.25, -0.2) is 0 Å². The third kappa shape index (κ3) is 8.37. The number of nitrogens with one attached hydrogen (secondary N) is 1. The van der Waals surface area contributed by atoms with Crippen molar-refractivity contribution >= 4 is 0 Å². The lowest BCUT2D eigenvalue weighted by Crippen LogP contribution is -2.23. The van der Waals surface area contributed by atoms with Gasteiger partial charge in [0.05, 0.1) is 0 Å². The van der Waals surface area contributed by atoms with E-state index in [0.29, 0.717) is 6.04 Å². The lowest BCUT2D eigenvalue weighted by molar-refractivity contribution is 0.542. The van der Waals surface area contributed by atoms with Crippen molar-refractivity contribution in [3.63, 3.8) is 0 Å². The minimum atomic E-state index is 0.624. The van der Waals surface area contributed by atoms with Gasteiger partial charge in [0.15, 0.2) is 0 Å². The lowest BCUT2D eigenvalue weighted by Gasteiger charge is -2.08. The van der Waals surface area contributed by atoms with Crippen LogP contribution in [0.5, 0.6) is 0 Å². The summed E-state index contributed by atoms with van der Waals surface area (Å²) in [6.45, 7) is 10.2. The van der Waals surface area contributed by atoms with Gasteiger partial charge in [-0.3, -0.25) is 0 Å². The summed E-state index contributed by atoms with van der Waals surface area (Å²) in [5.41, 5.74) is 2.97. The Kier molecular flexibility index (Phi) is 8.60. The van der Waals surface area contributed by atoms with Crippen LogP contribution in [0.3, 0.4) is 0 Å². The smallest absolute Gasteiger partial charge is 0.00103 e. The fourth-order valence-electron chi connectivity index (χ4n) is 2.51. The van der Waals surface area contributed by atoms with Gasteiger partial charge in [0.25, 0.3) is 0 Å². The van der Waals surface area contributed by atoms with Crippen molar-refractivity contribution in [1.82, 2.24) is 5.32 Å². The molecule has 0 saturated carbocycles. The van der Waals surface area contributed by atoms with Gasteiger partial charge in [-0.1, -0.05) is 64.8 Å². The standard InChI is InChI=1S/C19H33N/c1-16(2)15-19-12-10-18(11-13-19)9-7-5-6-8-14-20-17(3)4/h10-13,16-17,20H,5-9,14-15H2,1-4H3. The number of aryl methyl sites for hydroxylation is 1. The summed E-state index contributed by atoms with van der Waals surface area (Å²) in [5, 5.41) is 3.48. The normalized spacial score (nSPS) is 11.5. The molecule has 0 aromatic heterocycles. The van der Waals surface area contributed by atoms with Gasteiger partial charge in [0.2, 0.25) is 0 Å². The zero-order valence-electron chi connectivity index (χ0n) is 13.9. The van der Waals surface area contributed by atoms with Crippen molar-refractivity contribution in [3.05, 3.63) is 35.4 Å². The number of benzene rings is 1. The number of unbranched alkanes of at least 4 members (excludes halogenated alkanes) is 3. The van der Waals surface area contributed by atoms with Crippen molar-refractivity contribution in [2.45, 2.75) is 72.3 Å². The highest BCUT2D eigenvalue weighted by Gasteiger charge is 1.99. The molecule has 1 aromatic rings. The molecule has 0 fully saturated rings. The Morgan fingerprint density at radius 1 is 0.800 bits per heavy atom. The average Bonchev–Trinajstić information content (AvgIpc) is 2.38. The van der Waals surface area contributed by atoms with Gasteiger partial charge in [-0.05, 0) is 49.3 Å². The van der Waals surface area contributed by atoms with Crippen molar-refractivity contribution in [2.24, 2.45) is 5.92 Å². The molecule has 0 aliphatic rings. The molecule has 0 amide bonds. The fourth-order valence-corrected chi connectivity index (χ4v) is 2.51. The van der Waals surface area contributed by atoms with Crippen LogP contribution in [0.25, 0.3) is 0 Å². The van der Waals surface area contributed by atoms with Gasteiger partial charge >= 0.3 is 0 Å². The van der Waals surface area contributed by atoms with Crippen LogP contribution in [0.4, 0.5) is 0 Å². The molecule has 1 nitrogen and oxygen atoms in total. The van der Waals surface area contributed by atoms with Crippen LogP contribution in [0, 0.1) is 5.92 Å². The van der Waals surface area contributed by atoms with E-state index in [-0.39, 0.29) is 0 Å². The minimum Gasteiger partial charge on any atom is -0.315 e. The molecule has 1 heteroatoms. The Bertz CT molecular complexity index is 337. The van der Waals surface area contributed by atoms with Gasteiger partial charge in [0.1, 0.15) is 0 Å². The molecule has 114 valence electrons. The SMILES string of the molecule is CC(C)Cc1ccc(CCCCCCNC(C)C)cc1. The molecular weight excluding hydrogens is 242 g/mol. The maximum atomic E-state index is 3.48. The zero-order chi connectivity index (χ0) is 14.8. The largest absolute Gasteiger partial charge is 0.315 e. The highest BCUT2D eigenvalue weighted by atomic mass is 14.9. The van der Waals surface area contributed by atoms with Gasteiger partial charge in [-0.2, -0.15) is 0 Å². The van der Waals surface area contributed by atoms with E-state index in [0.717, 1.165) is 5.92 Å². The molecule has 1 aromatic carbocycles. The highest BCUT2D eigenvalue weighted by molar-refractivity contribution is 5.22. The maximum absolute atomic E-state index is 3.48. The summed E-state index contributed by atoms with van der Waals surface area (Å²) in [6.07, 6.45) is 7.78. The topological polar surface area (TPSA) is 12.0 Å². The molecule has 1 rings (SSSR count). The first-order chi connectivity index (χ1) is 9.58. The predicted octanol–water partition coefficient (Wildman–Crippen LogP) is 4.99. The minimum absolute atomic E-state index is 0.624. The Balaban J connectivity index is 2.10. The Hall–Kier alpha value is -0.820. The van der Waals surface area contributed by atoms with Gasteiger partial charge in [0, 0.05) is 6.04 Å². The van der Waals surface area contributed by atoms with Crippen molar-refractivity contribution in [1.29, 1.82) is 0 Å². The molecule has 0 spiro atoms. The van der Waals surface area contributed by atoms with E-state index in [2.05, 4.69) is 57.3 Å². The van der Waals surface area contributed by atoms with Crippen molar-refractivity contribution in [3.8, 4) is 0 Å². The van der Waals surface area contributed by atoms with E-state index >= 15 is 0 Å². The first kappa shape index (κ1) is 17.2. The Morgan fingerprint density at radius 2 is 1.40 bits per heavy atom. The summed E-state index contributed by atoms with van der Waals surface area (Å²) < 4.78 is 0. The second-order valence-electron chi connectivity index (χ2n) is 6.69. The fraction of sp³-hybridized carbons (Fsp3) is 0.684. The summed E-state index contributed by atoms with van der Waals surface area (Å²) in [4.78, 5) is 0. The first-order valence-corrected chi connectivity index (χ1v) is 8.39. The van der Waals surface area contributed by atoms with E-state index in [9.17, 15) is 0 Å². The second kappa shape index (κ2) is 9.99. The molecule has 0 unspecified atom stereocenters. The molecule has 0 saturated heterocycles. The van der Waals surface area contributed by atoms with E-state index in [4.69, 9.17) is 0 Å². The third-order valence-corrected chi connectivity index (χ3v) is 3.61. The molecule has 0 aliphatic carbocycles. The predicted molar refractivity (Wildman–Crippen MR) is 90.3 cm³/mol. The average molecular weight is 275 g/mol. The van der Waals surface area contributed by atoms with Gasteiger partial charge in [-0.15, -0.1) is 0 Å². The van der Waals surface area contributed by atoms with E-state index < -0.39 is 0 Å². The highest BCUT2D eigenvalue weighted by Crippen LogP contribution is 2.12. The monoisotopic (exact) mass is 275 g/mol. The molecular formula is C19H33N. The van der Waals surface area contributed by atoms with Crippen LogP contribution >= 0.6 is 0 Å². The van der Waals surface area contributed by atoms with Crippen LogP contribution in [0.2, 0.25) is 0 Å². The van der Waals surface area contributed by atoms with Crippen LogP contribution in [-0.2, 0) is 12.8 Å². The maximum Gasteiger partial charge on any atom is 0.00103 e. The summed E-state index contributed by atoms with van der Waals surface area (Å²) in [7, 11) is 0. The Labute approximate surface area is 126 Å². The summed E-state index contributed by atoms with van der Waals surface area (Å²) in [5.74, 6) is 0.750. The molecule has 0 heterocycles. The number of hydrogen-bond donors (Lipinski definition) is 1. The van der Waals surface area contributed by atoms with Crippen molar-refractivity contribution < 1.29 is 0 Å². The second-order valence-corrected chi connectivity index (χ2v) is 6.69. The summed E-state index contributed by atoms with van der Waals surface area (Å²) >= 11 is 0. The zero-order valence-corrected chi connectivity index (χ0v) is 13.9. The molecule has 20 heavy (non-hydrogen) atoms. The van der Waals surface area contributed by atoms with E-state index in [1.807, 2.05) is 0 Å². The third-order valence-electron chi connectivity index (χ3n) is 3.61. The summed E-state index contributed by atoms with van der Waals surface area (Å²) in [6, 6.07) is 9.87. The number of rotatable bonds is 10. The van der Waals surface area contributed by atoms with E-state index in [1.165, 1.54) is 56.2 Å². The molecule has 0 radical (unpaired) electrons. The van der Waals surface area contributed by atoms with Crippen LogP contribution in [-0.4, -0.2) is 12.6 Å². The molecule has 0 atom stereocenters. The van der Waals surface area contributed by atoms with Crippen LogP contribution in [0.15, 0.2) is 24.3 Å². The van der Waals surface area contributed by atoms with Gasteiger partial charge < -0.3 is 5.32 Å². The van der Waals surface area contributed by atoms with Crippen molar-refractivity contribution in [2.75, 3.05) is 6.54 Å². The van der Waals surface area contributed by atoms with E-state index in [1.54, 1.807) is 0 Å². The number of hydrogen-bond acceptors (Lipinski definition) is 1. The molecule has 0 aliphatic heterocycles. The molecule has 1 N–H and O–H groups in total.